The highest BCUT2D eigenvalue weighted by Crippen LogP contribution is 2.14. The largest absolute Gasteiger partial charge is 0.315 e. The fourth-order valence-corrected chi connectivity index (χ4v) is 1.93. The van der Waals surface area contributed by atoms with Crippen LogP contribution in [0.5, 0.6) is 0 Å². The van der Waals surface area contributed by atoms with Crippen molar-refractivity contribution in [3.05, 3.63) is 34.9 Å². The van der Waals surface area contributed by atoms with Gasteiger partial charge < -0.3 is 10.6 Å². The summed E-state index contributed by atoms with van der Waals surface area (Å²) in [6.07, 6.45) is 1.21. The zero-order valence-corrected chi connectivity index (χ0v) is 10.1. The number of hydrogen-bond donors (Lipinski definition) is 2. The minimum Gasteiger partial charge on any atom is -0.315 e. The first kappa shape index (κ1) is 12.8. The molecule has 1 aliphatic rings. The average molecular weight is 247 g/mol. The Bertz CT molecular complexity index is 298. The molecule has 1 heterocycles. The van der Waals surface area contributed by atoms with Crippen LogP contribution in [-0.2, 0) is 6.54 Å². The molecule has 1 atom stereocenters. The van der Waals surface area contributed by atoms with Crippen molar-refractivity contribution in [1.82, 2.24) is 10.6 Å². The van der Waals surface area contributed by atoms with Crippen molar-refractivity contribution in [2.45, 2.75) is 19.0 Å². The van der Waals surface area contributed by atoms with Crippen LogP contribution in [0.4, 0.5) is 0 Å². The van der Waals surface area contributed by atoms with Gasteiger partial charge in [0.25, 0.3) is 0 Å². The maximum atomic E-state index is 6.05. The molecular weight excluding hydrogens is 231 g/mol. The monoisotopic (exact) mass is 246 g/mol. The third kappa shape index (κ3) is 3.65. The summed E-state index contributed by atoms with van der Waals surface area (Å²) in [6, 6.07) is 8.59. The molecule has 0 spiro atoms. The van der Waals surface area contributed by atoms with Gasteiger partial charge in [0.1, 0.15) is 0 Å². The van der Waals surface area contributed by atoms with E-state index < -0.39 is 0 Å². The highest BCUT2D eigenvalue weighted by Gasteiger charge is 2.13. The average Bonchev–Trinajstić information content (AvgIpc) is 2.69. The minimum absolute atomic E-state index is 0. The number of halogens is 2. The smallest absolute Gasteiger partial charge is 0.0450 e. The lowest BCUT2D eigenvalue weighted by Gasteiger charge is -2.11. The molecule has 0 saturated carbocycles. The van der Waals surface area contributed by atoms with Crippen molar-refractivity contribution in [3.63, 3.8) is 0 Å². The maximum Gasteiger partial charge on any atom is 0.0450 e. The van der Waals surface area contributed by atoms with E-state index in [4.69, 9.17) is 11.6 Å². The van der Waals surface area contributed by atoms with E-state index in [9.17, 15) is 0 Å². The van der Waals surface area contributed by atoms with Crippen LogP contribution in [0, 0.1) is 0 Å². The van der Waals surface area contributed by atoms with Gasteiger partial charge in [-0.1, -0.05) is 29.8 Å². The van der Waals surface area contributed by atoms with E-state index in [2.05, 4.69) is 16.7 Å². The van der Waals surface area contributed by atoms with Gasteiger partial charge in [-0.25, -0.2) is 0 Å². The fourth-order valence-electron chi connectivity index (χ4n) is 1.72. The predicted octanol–water partition coefficient (Wildman–Crippen LogP) is 2.21. The van der Waals surface area contributed by atoms with Crippen molar-refractivity contribution < 1.29 is 0 Å². The Morgan fingerprint density at radius 2 is 2.20 bits per heavy atom. The van der Waals surface area contributed by atoms with Crippen LogP contribution >= 0.6 is 24.0 Å². The van der Waals surface area contributed by atoms with Gasteiger partial charge in [-0.05, 0) is 24.6 Å². The molecular formula is C11H16Cl2N2. The Morgan fingerprint density at radius 3 is 2.87 bits per heavy atom. The van der Waals surface area contributed by atoms with Gasteiger partial charge in [-0.2, -0.15) is 0 Å². The molecule has 0 unspecified atom stereocenters. The van der Waals surface area contributed by atoms with Crippen LogP contribution in [0.1, 0.15) is 12.0 Å². The van der Waals surface area contributed by atoms with Gasteiger partial charge in [0.05, 0.1) is 0 Å². The van der Waals surface area contributed by atoms with Crippen molar-refractivity contribution >= 4 is 24.0 Å². The first-order valence-corrected chi connectivity index (χ1v) is 5.41. The molecule has 0 amide bonds. The molecule has 0 aliphatic carbocycles. The van der Waals surface area contributed by atoms with E-state index in [-0.39, 0.29) is 12.4 Å². The van der Waals surface area contributed by atoms with Crippen molar-refractivity contribution in [1.29, 1.82) is 0 Å². The summed E-state index contributed by atoms with van der Waals surface area (Å²) in [5.74, 6) is 0. The molecule has 1 saturated heterocycles. The molecule has 2 nitrogen and oxygen atoms in total. The van der Waals surface area contributed by atoms with Crippen LogP contribution in [0.2, 0.25) is 5.02 Å². The number of rotatable bonds is 3. The van der Waals surface area contributed by atoms with E-state index in [1.807, 2.05) is 18.2 Å². The van der Waals surface area contributed by atoms with Gasteiger partial charge in [0, 0.05) is 24.2 Å². The second-order valence-corrected chi connectivity index (χ2v) is 4.07. The Labute approximate surface area is 102 Å². The molecule has 84 valence electrons. The SMILES string of the molecule is Cl.Clc1ccccc1CN[C@@H]1CCNC1. The van der Waals surface area contributed by atoms with E-state index in [0.29, 0.717) is 6.04 Å². The molecule has 0 radical (unpaired) electrons. The topological polar surface area (TPSA) is 24.1 Å². The molecule has 4 heteroatoms. The second-order valence-electron chi connectivity index (χ2n) is 3.66. The van der Waals surface area contributed by atoms with Crippen LogP contribution in [0.25, 0.3) is 0 Å². The normalized spacial score (nSPS) is 19.9. The van der Waals surface area contributed by atoms with Gasteiger partial charge in [0.15, 0.2) is 0 Å². The zero-order valence-electron chi connectivity index (χ0n) is 8.50. The van der Waals surface area contributed by atoms with Gasteiger partial charge in [-0.15, -0.1) is 12.4 Å². The molecule has 0 aromatic heterocycles. The Balaban J connectivity index is 0.00000112. The van der Waals surface area contributed by atoms with Crippen LogP contribution in [0.3, 0.4) is 0 Å². The summed E-state index contributed by atoms with van der Waals surface area (Å²) in [6.45, 7) is 3.07. The Morgan fingerprint density at radius 1 is 1.40 bits per heavy atom. The predicted molar refractivity (Wildman–Crippen MR) is 66.8 cm³/mol. The molecule has 1 aromatic rings. The highest BCUT2D eigenvalue weighted by atomic mass is 35.5. The number of benzene rings is 1. The summed E-state index contributed by atoms with van der Waals surface area (Å²) in [5, 5.41) is 7.67. The lowest BCUT2D eigenvalue weighted by Crippen LogP contribution is -2.30. The third-order valence-electron chi connectivity index (χ3n) is 2.60. The minimum atomic E-state index is 0. The van der Waals surface area contributed by atoms with Gasteiger partial charge in [-0.3, -0.25) is 0 Å². The van der Waals surface area contributed by atoms with Gasteiger partial charge >= 0.3 is 0 Å². The van der Waals surface area contributed by atoms with E-state index in [1.54, 1.807) is 0 Å². The fraction of sp³-hybridized carbons (Fsp3) is 0.455. The number of nitrogens with one attached hydrogen (secondary N) is 2. The summed E-state index contributed by atoms with van der Waals surface area (Å²) in [7, 11) is 0. The second kappa shape index (κ2) is 6.33. The summed E-state index contributed by atoms with van der Waals surface area (Å²) in [4.78, 5) is 0. The lowest BCUT2D eigenvalue weighted by molar-refractivity contribution is 0.547. The number of hydrogen-bond acceptors (Lipinski definition) is 2. The molecule has 1 fully saturated rings. The first-order chi connectivity index (χ1) is 6.86. The summed E-state index contributed by atoms with van der Waals surface area (Å²) >= 11 is 6.05. The quantitative estimate of drug-likeness (QED) is 0.855. The van der Waals surface area contributed by atoms with Gasteiger partial charge in [0.2, 0.25) is 0 Å². The maximum absolute atomic E-state index is 6.05. The van der Waals surface area contributed by atoms with Crippen LogP contribution in [0.15, 0.2) is 24.3 Å². The Hall–Kier alpha value is -0.280. The molecule has 2 N–H and O–H groups in total. The van der Waals surface area contributed by atoms with E-state index in [1.165, 1.54) is 12.0 Å². The van der Waals surface area contributed by atoms with Crippen molar-refractivity contribution in [2.24, 2.45) is 0 Å². The standard InChI is InChI=1S/C11H15ClN2.ClH/c12-11-4-2-1-3-9(11)7-14-10-5-6-13-8-10;/h1-4,10,13-14H,5-8H2;1H/t10-;/m1./s1. The molecule has 2 rings (SSSR count). The van der Waals surface area contributed by atoms with E-state index in [0.717, 1.165) is 24.7 Å². The first-order valence-electron chi connectivity index (χ1n) is 5.04. The van der Waals surface area contributed by atoms with Crippen molar-refractivity contribution in [2.75, 3.05) is 13.1 Å². The Kier molecular flexibility index (Phi) is 5.40. The zero-order chi connectivity index (χ0) is 9.80. The van der Waals surface area contributed by atoms with Crippen molar-refractivity contribution in [3.8, 4) is 0 Å². The van der Waals surface area contributed by atoms with Crippen LogP contribution in [-0.4, -0.2) is 19.1 Å². The summed E-state index contributed by atoms with van der Waals surface area (Å²) in [5.41, 5.74) is 1.18. The molecule has 0 bridgehead atoms. The third-order valence-corrected chi connectivity index (χ3v) is 2.97. The van der Waals surface area contributed by atoms with Crippen LogP contribution < -0.4 is 10.6 Å². The molecule has 1 aromatic carbocycles. The molecule has 1 aliphatic heterocycles. The highest BCUT2D eigenvalue weighted by molar-refractivity contribution is 6.31. The lowest BCUT2D eigenvalue weighted by atomic mass is 10.2. The molecule has 15 heavy (non-hydrogen) atoms. The summed E-state index contributed by atoms with van der Waals surface area (Å²) < 4.78 is 0. The van der Waals surface area contributed by atoms with E-state index >= 15 is 0 Å².